The van der Waals surface area contributed by atoms with Gasteiger partial charge in [0.05, 0.1) is 15.9 Å². The van der Waals surface area contributed by atoms with Gasteiger partial charge in [-0.25, -0.2) is 9.48 Å². The van der Waals surface area contributed by atoms with Crippen molar-refractivity contribution in [2.75, 3.05) is 11.9 Å². The topological polar surface area (TPSA) is 133 Å². The number of aromatic nitrogens is 2. The van der Waals surface area contributed by atoms with Crippen molar-refractivity contribution in [3.63, 3.8) is 0 Å². The molecule has 10 nitrogen and oxygen atoms in total. The minimum absolute atomic E-state index is 0.194. The maximum absolute atomic E-state index is 12.8. The molecular weight excluding hydrogens is 437 g/mol. The van der Waals surface area contributed by atoms with E-state index in [-0.39, 0.29) is 22.5 Å². The minimum Gasteiger partial charge on any atom is -0.451 e. The van der Waals surface area contributed by atoms with Crippen LogP contribution in [0.15, 0.2) is 47.3 Å². The largest absolute Gasteiger partial charge is 0.451 e. The van der Waals surface area contributed by atoms with Gasteiger partial charge in [0, 0.05) is 18.5 Å². The zero-order valence-electron chi connectivity index (χ0n) is 16.2. The average molecular weight is 450 g/mol. The van der Waals surface area contributed by atoms with Gasteiger partial charge in [0.1, 0.15) is 5.69 Å². The number of carbonyl (C=O) groups excluding carboxylic acids is 2. The number of hydrogen-bond donors (Lipinski definition) is 1. The second kappa shape index (κ2) is 8.45. The summed E-state index contributed by atoms with van der Waals surface area (Å²) >= 11 is 0. The van der Waals surface area contributed by atoms with Crippen molar-refractivity contribution in [1.82, 2.24) is 9.78 Å². The summed E-state index contributed by atoms with van der Waals surface area (Å²) in [6.45, 7) is -0.907. The highest BCUT2D eigenvalue weighted by molar-refractivity contribution is 6.03. The lowest BCUT2D eigenvalue weighted by molar-refractivity contribution is -0.384. The van der Waals surface area contributed by atoms with E-state index in [1.807, 2.05) is 5.32 Å². The number of nitro groups is 1. The number of alkyl halides is 3. The van der Waals surface area contributed by atoms with Crippen LogP contribution in [0.3, 0.4) is 0 Å². The fourth-order valence-corrected chi connectivity index (χ4v) is 2.80. The minimum atomic E-state index is -4.81. The molecule has 32 heavy (non-hydrogen) atoms. The fourth-order valence-electron chi connectivity index (χ4n) is 2.80. The zero-order chi connectivity index (χ0) is 23.6. The molecule has 0 aliphatic carbocycles. The highest BCUT2D eigenvalue weighted by Crippen LogP contribution is 2.34. The van der Waals surface area contributed by atoms with Crippen molar-refractivity contribution in [2.24, 2.45) is 7.05 Å². The molecule has 0 atom stereocenters. The Morgan fingerprint density at radius 3 is 2.47 bits per heavy atom. The average Bonchev–Trinajstić information content (AvgIpc) is 2.74. The molecule has 166 valence electrons. The van der Waals surface area contributed by atoms with Crippen LogP contribution >= 0.6 is 0 Å². The number of benzene rings is 2. The molecule has 0 aliphatic rings. The molecular formula is C19H13F3N4O6. The van der Waals surface area contributed by atoms with Crippen LogP contribution in [0.1, 0.15) is 16.1 Å². The number of ether oxygens (including phenoxy) is 1. The zero-order valence-corrected chi connectivity index (χ0v) is 16.2. The summed E-state index contributed by atoms with van der Waals surface area (Å²) in [7, 11) is 1.32. The molecule has 2 aromatic carbocycles. The molecule has 13 heteroatoms. The normalized spacial score (nSPS) is 11.2. The molecule has 0 fully saturated rings. The molecule has 1 aromatic heterocycles. The molecule has 1 heterocycles. The van der Waals surface area contributed by atoms with Gasteiger partial charge in [0.2, 0.25) is 0 Å². The maximum atomic E-state index is 12.8. The molecule has 1 amide bonds. The molecule has 0 saturated carbocycles. The first-order chi connectivity index (χ1) is 15.0. The summed E-state index contributed by atoms with van der Waals surface area (Å²) in [5.41, 5.74) is -3.44. The van der Waals surface area contributed by atoms with Crippen LogP contribution in [0.4, 0.5) is 24.5 Å². The van der Waals surface area contributed by atoms with Gasteiger partial charge in [-0.3, -0.25) is 19.7 Å². The number of hydrogen-bond acceptors (Lipinski definition) is 7. The number of halogens is 3. The predicted molar refractivity (Wildman–Crippen MR) is 104 cm³/mol. The summed E-state index contributed by atoms with van der Waals surface area (Å²) in [4.78, 5) is 46.6. The molecule has 0 spiro atoms. The number of nitro benzene ring substituents is 1. The Kier molecular flexibility index (Phi) is 5.91. The van der Waals surface area contributed by atoms with E-state index in [0.29, 0.717) is 6.07 Å². The molecule has 3 rings (SSSR count). The van der Waals surface area contributed by atoms with Crippen LogP contribution in [0, 0.1) is 10.1 Å². The third-order valence-corrected chi connectivity index (χ3v) is 4.28. The lowest BCUT2D eigenvalue weighted by Gasteiger charge is -2.11. The van der Waals surface area contributed by atoms with Crippen LogP contribution < -0.4 is 10.9 Å². The number of amides is 1. The maximum Gasteiger partial charge on any atom is 0.416 e. The fraction of sp³-hybridized carbons (Fsp3) is 0.158. The summed E-state index contributed by atoms with van der Waals surface area (Å²) in [5.74, 6) is -2.08. The van der Waals surface area contributed by atoms with E-state index in [0.717, 1.165) is 10.7 Å². The highest BCUT2D eigenvalue weighted by atomic mass is 19.4. The van der Waals surface area contributed by atoms with Crippen LogP contribution in [0.2, 0.25) is 0 Å². The molecule has 0 saturated heterocycles. The Labute approximate surface area is 176 Å². The molecule has 0 radical (unpaired) electrons. The van der Waals surface area contributed by atoms with Crippen LogP contribution in [0.5, 0.6) is 0 Å². The Balaban J connectivity index is 1.77. The van der Waals surface area contributed by atoms with E-state index < -0.39 is 52.1 Å². The molecule has 0 bridgehead atoms. The van der Waals surface area contributed by atoms with Crippen molar-refractivity contribution in [3.8, 4) is 0 Å². The molecule has 3 aromatic rings. The Morgan fingerprint density at radius 1 is 1.19 bits per heavy atom. The van der Waals surface area contributed by atoms with Crippen molar-refractivity contribution in [3.05, 3.63) is 74.2 Å². The third kappa shape index (κ3) is 4.55. The molecule has 1 N–H and O–H groups in total. The first kappa shape index (κ1) is 22.4. The number of anilines is 1. The summed E-state index contributed by atoms with van der Waals surface area (Å²) < 4.78 is 44.1. The second-order valence-corrected chi connectivity index (χ2v) is 6.43. The van der Waals surface area contributed by atoms with Crippen LogP contribution in [-0.2, 0) is 22.8 Å². The lowest BCUT2D eigenvalue weighted by Crippen LogP contribution is -2.26. The lowest BCUT2D eigenvalue weighted by atomic mass is 10.1. The molecule has 0 aliphatic heterocycles. The van der Waals surface area contributed by atoms with Gasteiger partial charge in [-0.15, -0.1) is 0 Å². The molecule has 0 unspecified atom stereocenters. The predicted octanol–water partition coefficient (Wildman–Crippen LogP) is 2.66. The van der Waals surface area contributed by atoms with E-state index >= 15 is 0 Å². The standard InChI is InChI=1S/C19H13F3N4O6/c1-25-17(28)12-5-3-2-4-11(12)16(24-25)18(29)32-9-15(27)23-13-7-6-10(19(20,21)22)8-14(13)26(30)31/h2-8H,9H2,1H3,(H,23,27). The van der Waals surface area contributed by atoms with Gasteiger partial charge < -0.3 is 10.1 Å². The van der Waals surface area contributed by atoms with E-state index in [9.17, 15) is 37.7 Å². The summed E-state index contributed by atoms with van der Waals surface area (Å²) in [6, 6.07) is 7.67. The van der Waals surface area contributed by atoms with E-state index in [2.05, 4.69) is 5.10 Å². The monoisotopic (exact) mass is 450 g/mol. The van der Waals surface area contributed by atoms with Crippen molar-refractivity contribution >= 4 is 34.0 Å². The van der Waals surface area contributed by atoms with Crippen molar-refractivity contribution in [1.29, 1.82) is 0 Å². The van der Waals surface area contributed by atoms with Gasteiger partial charge in [-0.1, -0.05) is 18.2 Å². The second-order valence-electron chi connectivity index (χ2n) is 6.43. The van der Waals surface area contributed by atoms with Gasteiger partial charge in [-0.2, -0.15) is 18.3 Å². The van der Waals surface area contributed by atoms with Gasteiger partial charge in [-0.05, 0) is 18.2 Å². The van der Waals surface area contributed by atoms with Crippen LogP contribution in [0.25, 0.3) is 10.8 Å². The smallest absolute Gasteiger partial charge is 0.416 e. The number of nitrogens with zero attached hydrogens (tertiary/aromatic N) is 3. The third-order valence-electron chi connectivity index (χ3n) is 4.28. The number of rotatable bonds is 5. The van der Waals surface area contributed by atoms with E-state index in [4.69, 9.17) is 4.74 Å². The number of carbonyl (C=O) groups is 2. The Morgan fingerprint density at radius 2 is 1.84 bits per heavy atom. The summed E-state index contributed by atoms with van der Waals surface area (Å²) in [5, 5.41) is 17.3. The quantitative estimate of drug-likeness (QED) is 0.359. The summed E-state index contributed by atoms with van der Waals surface area (Å²) in [6.07, 6.45) is -4.81. The number of nitrogens with one attached hydrogen (secondary N) is 1. The van der Waals surface area contributed by atoms with E-state index in [1.54, 1.807) is 12.1 Å². The number of esters is 1. The van der Waals surface area contributed by atoms with Crippen molar-refractivity contribution in [2.45, 2.75) is 6.18 Å². The Hall–Kier alpha value is -4.29. The van der Waals surface area contributed by atoms with Gasteiger partial charge in [0.15, 0.2) is 12.3 Å². The van der Waals surface area contributed by atoms with E-state index in [1.165, 1.54) is 19.2 Å². The first-order valence-corrected chi connectivity index (χ1v) is 8.77. The number of fused-ring (bicyclic) bond motifs is 1. The van der Waals surface area contributed by atoms with Gasteiger partial charge in [0.25, 0.3) is 17.2 Å². The first-order valence-electron chi connectivity index (χ1n) is 8.77. The van der Waals surface area contributed by atoms with Gasteiger partial charge >= 0.3 is 12.1 Å². The Bertz CT molecular complexity index is 1300. The highest BCUT2D eigenvalue weighted by Gasteiger charge is 2.33. The van der Waals surface area contributed by atoms with Crippen LogP contribution in [-0.4, -0.2) is 33.2 Å². The number of aryl methyl sites for hydroxylation is 1. The SMILES string of the molecule is Cn1nc(C(=O)OCC(=O)Nc2ccc(C(F)(F)F)cc2[N+](=O)[O-])c2ccccc2c1=O. The van der Waals surface area contributed by atoms with Crippen molar-refractivity contribution < 1.29 is 32.4 Å².